The van der Waals surface area contributed by atoms with Gasteiger partial charge in [-0.15, -0.1) is 0 Å². The molecule has 0 radical (unpaired) electrons. The fraction of sp³-hybridized carbons (Fsp3) is 0.125. The van der Waals surface area contributed by atoms with E-state index in [1.165, 1.54) is 16.7 Å². The van der Waals surface area contributed by atoms with Crippen molar-refractivity contribution in [2.24, 2.45) is 0 Å². The molecule has 1 N–H and O–H groups in total. The molecule has 4 nitrogen and oxygen atoms in total. The maximum absolute atomic E-state index is 11.3. The maximum atomic E-state index is 11.3. The number of aromatic nitrogens is 3. The van der Waals surface area contributed by atoms with Crippen LogP contribution in [0.5, 0.6) is 5.75 Å². The second-order valence-corrected chi connectivity index (χ2v) is 14.7. The number of rotatable bonds is 6. The van der Waals surface area contributed by atoms with E-state index < -0.39 is 0 Å². The summed E-state index contributed by atoms with van der Waals surface area (Å²) in [6, 6.07) is 50.8. The molecule has 0 spiro atoms. The Balaban J connectivity index is 1.42. The number of pyridine rings is 1. The van der Waals surface area contributed by atoms with E-state index in [0.29, 0.717) is 11.4 Å². The molecule has 8 aromatic rings. The summed E-state index contributed by atoms with van der Waals surface area (Å²) in [6.45, 7) is 11.0. The molecule has 0 amide bonds. The lowest BCUT2D eigenvalue weighted by atomic mass is 9.83. The number of para-hydroxylation sites is 2. The number of fused-ring (bicyclic) bond motifs is 1. The van der Waals surface area contributed by atoms with Gasteiger partial charge in [0.2, 0.25) is 0 Å². The molecule has 2 heterocycles. The predicted molar refractivity (Wildman–Crippen MR) is 216 cm³/mol. The minimum absolute atomic E-state index is 0.0867. The number of aryl methyl sites for hydroxylation is 2. The Labute approximate surface area is 305 Å². The SMILES string of the molecule is Cc1ccc(-c2cc(-c3ccc(C)cc3)cc(-n3c(-c4ccccc4O)nc4c(-c5cc(-c6ccccn6)cc(C(C)(C)C)c5)cccc43)c2)cc1. The topological polar surface area (TPSA) is 50.9 Å². The Morgan fingerprint density at radius 3 is 1.75 bits per heavy atom. The molecule has 0 fully saturated rings. The van der Waals surface area contributed by atoms with Crippen molar-refractivity contribution in [2.75, 3.05) is 0 Å². The largest absolute Gasteiger partial charge is 0.507 e. The summed E-state index contributed by atoms with van der Waals surface area (Å²) >= 11 is 0. The van der Waals surface area contributed by atoms with Gasteiger partial charge in [0.15, 0.2) is 0 Å². The van der Waals surface area contributed by atoms with E-state index in [9.17, 15) is 5.11 Å². The van der Waals surface area contributed by atoms with Gasteiger partial charge in [-0.1, -0.05) is 117 Å². The van der Waals surface area contributed by atoms with Crippen LogP contribution in [0, 0.1) is 13.8 Å². The summed E-state index contributed by atoms with van der Waals surface area (Å²) in [7, 11) is 0. The van der Waals surface area contributed by atoms with Gasteiger partial charge in [-0.3, -0.25) is 9.55 Å². The zero-order chi connectivity index (χ0) is 36.0. The fourth-order valence-corrected chi connectivity index (χ4v) is 6.90. The van der Waals surface area contributed by atoms with E-state index in [1.54, 1.807) is 6.07 Å². The highest BCUT2D eigenvalue weighted by molar-refractivity contribution is 5.97. The molecule has 4 heteroatoms. The average molecular weight is 676 g/mol. The van der Waals surface area contributed by atoms with Gasteiger partial charge >= 0.3 is 0 Å². The minimum Gasteiger partial charge on any atom is -0.507 e. The van der Waals surface area contributed by atoms with Crippen molar-refractivity contribution in [3.63, 3.8) is 0 Å². The molecule has 52 heavy (non-hydrogen) atoms. The first-order valence-electron chi connectivity index (χ1n) is 17.8. The van der Waals surface area contributed by atoms with Gasteiger partial charge in [0, 0.05) is 23.0 Å². The number of phenolic OH excluding ortho intramolecular Hbond substituents is 1. The Morgan fingerprint density at radius 2 is 1.13 bits per heavy atom. The summed E-state index contributed by atoms with van der Waals surface area (Å²) in [5.41, 5.74) is 15.6. The molecule has 0 bridgehead atoms. The first-order chi connectivity index (χ1) is 25.1. The minimum atomic E-state index is -0.0867. The molecule has 6 aromatic carbocycles. The highest BCUT2D eigenvalue weighted by Gasteiger charge is 2.23. The monoisotopic (exact) mass is 675 g/mol. The molecule has 0 aliphatic heterocycles. The average Bonchev–Trinajstić information content (AvgIpc) is 3.55. The van der Waals surface area contributed by atoms with Crippen molar-refractivity contribution in [1.82, 2.24) is 14.5 Å². The smallest absolute Gasteiger partial charge is 0.149 e. The third-order valence-electron chi connectivity index (χ3n) is 9.85. The molecular weight excluding hydrogens is 635 g/mol. The zero-order valence-corrected chi connectivity index (χ0v) is 30.2. The van der Waals surface area contributed by atoms with Crippen LogP contribution >= 0.6 is 0 Å². The molecule has 0 saturated carbocycles. The molecule has 0 atom stereocenters. The first-order valence-corrected chi connectivity index (χ1v) is 17.8. The lowest BCUT2D eigenvalue weighted by molar-refractivity contribution is 0.477. The summed E-state index contributed by atoms with van der Waals surface area (Å²) < 4.78 is 2.20. The van der Waals surface area contributed by atoms with E-state index in [2.05, 4.69) is 148 Å². The molecule has 0 unspecified atom stereocenters. The maximum Gasteiger partial charge on any atom is 0.149 e. The van der Waals surface area contributed by atoms with E-state index in [4.69, 9.17) is 9.97 Å². The summed E-state index contributed by atoms with van der Waals surface area (Å²) in [5, 5.41) is 11.3. The fourth-order valence-electron chi connectivity index (χ4n) is 6.90. The summed E-state index contributed by atoms with van der Waals surface area (Å²) in [4.78, 5) is 10.1. The third kappa shape index (κ3) is 6.29. The lowest BCUT2D eigenvalue weighted by Crippen LogP contribution is -2.11. The standard InChI is InChI=1S/C48H41N3O/c1-31-16-20-33(21-17-31)35-25-36(34-22-18-32(2)19-23-34)30-40(29-35)51-44-14-10-12-41(46(44)50-47(51)42-11-6-7-15-45(42)52)37-26-38(43-13-8-9-24-49-43)28-39(27-37)48(3,4)5/h6-30,52H,1-5H3. The Hall–Kier alpha value is -6.26. The molecule has 8 rings (SSSR count). The molecule has 254 valence electrons. The van der Waals surface area contributed by atoms with Gasteiger partial charge in [-0.05, 0) is 113 Å². The van der Waals surface area contributed by atoms with Crippen LogP contribution in [-0.4, -0.2) is 19.6 Å². The lowest BCUT2D eigenvalue weighted by Gasteiger charge is -2.21. The van der Waals surface area contributed by atoms with E-state index >= 15 is 0 Å². The van der Waals surface area contributed by atoms with Crippen LogP contribution in [0.1, 0.15) is 37.5 Å². The molecule has 0 aliphatic rings. The number of nitrogens with zero attached hydrogens (tertiary/aromatic N) is 3. The first kappa shape index (κ1) is 32.9. The Kier molecular flexibility index (Phi) is 8.31. The number of hydrogen-bond donors (Lipinski definition) is 1. The van der Waals surface area contributed by atoms with Gasteiger partial charge in [0.05, 0.1) is 22.3 Å². The second kappa shape index (κ2) is 13.1. The Morgan fingerprint density at radius 1 is 0.538 bits per heavy atom. The van der Waals surface area contributed by atoms with Crippen LogP contribution in [0.2, 0.25) is 0 Å². The number of hydrogen-bond acceptors (Lipinski definition) is 3. The van der Waals surface area contributed by atoms with Crippen LogP contribution in [-0.2, 0) is 5.41 Å². The Bertz CT molecular complexity index is 2490. The zero-order valence-electron chi connectivity index (χ0n) is 30.2. The van der Waals surface area contributed by atoms with Crippen LogP contribution < -0.4 is 0 Å². The molecule has 2 aromatic heterocycles. The highest BCUT2D eigenvalue weighted by Crippen LogP contribution is 2.41. The van der Waals surface area contributed by atoms with Crippen LogP contribution in [0.25, 0.3) is 72.7 Å². The van der Waals surface area contributed by atoms with Gasteiger partial charge in [0.25, 0.3) is 0 Å². The third-order valence-corrected chi connectivity index (χ3v) is 9.85. The normalized spacial score (nSPS) is 11.6. The van der Waals surface area contributed by atoms with Gasteiger partial charge in [-0.25, -0.2) is 4.98 Å². The van der Waals surface area contributed by atoms with E-state index in [1.807, 2.05) is 36.5 Å². The van der Waals surface area contributed by atoms with Crippen molar-refractivity contribution >= 4 is 11.0 Å². The van der Waals surface area contributed by atoms with Crippen LogP contribution in [0.15, 0.2) is 152 Å². The number of phenols is 1. The van der Waals surface area contributed by atoms with E-state index in [-0.39, 0.29) is 11.2 Å². The van der Waals surface area contributed by atoms with Crippen molar-refractivity contribution < 1.29 is 5.11 Å². The number of imidazole rings is 1. The van der Waals surface area contributed by atoms with Crippen molar-refractivity contribution in [1.29, 1.82) is 0 Å². The summed E-state index contributed by atoms with van der Waals surface area (Å²) in [5.74, 6) is 0.856. The second-order valence-electron chi connectivity index (χ2n) is 14.7. The van der Waals surface area contributed by atoms with Gasteiger partial charge in [0.1, 0.15) is 11.6 Å². The molecule has 0 aliphatic carbocycles. The quantitative estimate of drug-likeness (QED) is 0.191. The number of aromatic hydroxyl groups is 1. The van der Waals surface area contributed by atoms with Crippen LogP contribution in [0.3, 0.4) is 0 Å². The van der Waals surface area contributed by atoms with Crippen molar-refractivity contribution in [2.45, 2.75) is 40.0 Å². The van der Waals surface area contributed by atoms with Gasteiger partial charge in [-0.2, -0.15) is 0 Å². The molecule has 0 saturated heterocycles. The summed E-state index contributed by atoms with van der Waals surface area (Å²) in [6.07, 6.45) is 1.84. The van der Waals surface area contributed by atoms with E-state index in [0.717, 1.165) is 61.4 Å². The van der Waals surface area contributed by atoms with Crippen molar-refractivity contribution in [3.8, 4) is 67.5 Å². The predicted octanol–water partition coefficient (Wildman–Crippen LogP) is 12.4. The van der Waals surface area contributed by atoms with Crippen molar-refractivity contribution in [3.05, 3.63) is 168 Å². The molecular formula is C48H41N3O. The van der Waals surface area contributed by atoms with Crippen LogP contribution in [0.4, 0.5) is 0 Å². The number of benzene rings is 6. The highest BCUT2D eigenvalue weighted by atomic mass is 16.3. The van der Waals surface area contributed by atoms with Gasteiger partial charge < -0.3 is 5.11 Å².